The number of nitrogens with zero attached hydrogens (tertiary/aromatic N) is 2. The van der Waals surface area contributed by atoms with Crippen molar-refractivity contribution < 1.29 is 9.30 Å². The van der Waals surface area contributed by atoms with Crippen LogP contribution in [0.25, 0.3) is 0 Å². The van der Waals surface area contributed by atoms with Crippen LogP contribution in [0.4, 0.5) is 0 Å². The molecule has 0 aliphatic rings. The number of thioether (sulfide) groups is 1. The van der Waals surface area contributed by atoms with E-state index in [0.29, 0.717) is 0 Å². The molecule has 0 aromatic carbocycles. The zero-order chi connectivity index (χ0) is 11.1. The van der Waals surface area contributed by atoms with Crippen molar-refractivity contribution >= 4 is 11.8 Å². The fraction of sp³-hybridized carbons (Fsp3) is 0.727. The molecule has 0 spiro atoms. The van der Waals surface area contributed by atoms with Gasteiger partial charge in [-0.15, -0.1) is 11.8 Å². The molecule has 0 amide bonds. The largest absolute Gasteiger partial charge is 0.381 e. The highest BCUT2D eigenvalue weighted by Crippen LogP contribution is 2.02. The number of hydrogen-bond donors (Lipinski definition) is 0. The Bertz CT molecular complexity index is 261. The summed E-state index contributed by atoms with van der Waals surface area (Å²) in [4.78, 5) is 0. The minimum atomic E-state index is 0.780. The Kier molecular flexibility index (Phi) is 5.79. The molecule has 0 fully saturated rings. The zero-order valence-corrected chi connectivity index (χ0v) is 10.7. The number of hydrogen-bond acceptors (Lipinski definition) is 2. The zero-order valence-electron chi connectivity index (χ0n) is 9.90. The molecule has 0 bridgehead atoms. The van der Waals surface area contributed by atoms with E-state index in [-0.39, 0.29) is 0 Å². The van der Waals surface area contributed by atoms with Crippen molar-refractivity contribution in [3.63, 3.8) is 0 Å². The van der Waals surface area contributed by atoms with Crippen LogP contribution < -0.4 is 4.57 Å². The summed E-state index contributed by atoms with van der Waals surface area (Å²) < 4.78 is 9.70. The molecular formula is C11H21N2OS+. The van der Waals surface area contributed by atoms with Crippen LogP contribution in [0.15, 0.2) is 12.4 Å². The molecule has 0 saturated carbocycles. The summed E-state index contributed by atoms with van der Waals surface area (Å²) in [6, 6.07) is 0. The van der Waals surface area contributed by atoms with Crippen molar-refractivity contribution in [1.29, 1.82) is 0 Å². The van der Waals surface area contributed by atoms with Crippen LogP contribution in [0.3, 0.4) is 0 Å². The highest BCUT2D eigenvalue weighted by molar-refractivity contribution is 7.98. The van der Waals surface area contributed by atoms with Gasteiger partial charge in [-0.1, -0.05) is 13.8 Å². The van der Waals surface area contributed by atoms with E-state index in [4.69, 9.17) is 4.74 Å². The first-order valence-corrected chi connectivity index (χ1v) is 6.63. The van der Waals surface area contributed by atoms with E-state index in [1.807, 2.05) is 11.8 Å². The van der Waals surface area contributed by atoms with Gasteiger partial charge in [0.15, 0.2) is 0 Å². The summed E-state index contributed by atoms with van der Waals surface area (Å²) in [5, 5.41) is 0. The third-order valence-electron chi connectivity index (χ3n) is 2.38. The Morgan fingerprint density at radius 1 is 1.47 bits per heavy atom. The fourth-order valence-corrected chi connectivity index (χ4v) is 2.22. The average Bonchev–Trinajstić information content (AvgIpc) is 2.65. The van der Waals surface area contributed by atoms with Crippen molar-refractivity contribution in [2.75, 3.05) is 19.5 Å². The van der Waals surface area contributed by atoms with E-state index in [0.717, 1.165) is 25.4 Å². The lowest BCUT2D eigenvalue weighted by atomic mass is 10.4. The van der Waals surface area contributed by atoms with Crippen LogP contribution in [-0.2, 0) is 23.6 Å². The number of imidazole rings is 1. The molecule has 0 aliphatic heterocycles. The van der Waals surface area contributed by atoms with Gasteiger partial charge < -0.3 is 4.74 Å². The van der Waals surface area contributed by atoms with Crippen LogP contribution in [0, 0.1) is 0 Å². The maximum atomic E-state index is 5.10. The lowest BCUT2D eigenvalue weighted by molar-refractivity contribution is -0.683. The first-order valence-electron chi connectivity index (χ1n) is 5.47. The van der Waals surface area contributed by atoms with Crippen molar-refractivity contribution in [2.45, 2.75) is 32.7 Å². The molecule has 1 rings (SSSR count). The molecule has 4 heteroatoms. The Morgan fingerprint density at radius 3 is 2.87 bits per heavy atom. The molecular weight excluding hydrogens is 208 g/mol. The Morgan fingerprint density at radius 2 is 2.27 bits per heavy atom. The van der Waals surface area contributed by atoms with Crippen molar-refractivity contribution in [3.05, 3.63) is 18.2 Å². The molecule has 0 radical (unpaired) electrons. The first kappa shape index (κ1) is 12.6. The maximum absolute atomic E-state index is 5.10. The van der Waals surface area contributed by atoms with Gasteiger partial charge in [-0.3, -0.25) is 0 Å². The second kappa shape index (κ2) is 6.90. The Labute approximate surface area is 96.4 Å². The van der Waals surface area contributed by atoms with Crippen LogP contribution in [0.1, 0.15) is 19.7 Å². The minimum absolute atomic E-state index is 0.780. The summed E-state index contributed by atoms with van der Waals surface area (Å²) in [7, 11) is 1.75. The molecule has 0 unspecified atom stereocenters. The van der Waals surface area contributed by atoms with Gasteiger partial charge in [0.1, 0.15) is 24.8 Å². The molecule has 0 saturated heterocycles. The quantitative estimate of drug-likeness (QED) is 0.662. The molecule has 0 atom stereocenters. The van der Waals surface area contributed by atoms with Gasteiger partial charge in [-0.2, -0.15) is 0 Å². The molecule has 15 heavy (non-hydrogen) atoms. The van der Waals surface area contributed by atoms with Gasteiger partial charge in [0, 0.05) is 13.5 Å². The van der Waals surface area contributed by atoms with Crippen LogP contribution in [0.2, 0.25) is 0 Å². The highest BCUT2D eigenvalue weighted by atomic mass is 32.2. The van der Waals surface area contributed by atoms with Crippen LogP contribution in [-0.4, -0.2) is 24.0 Å². The standard InChI is InChI=1S/C11H21N2OS/c1-4-11-12(8-9-14-3)6-7-13(11)10-15-5-2/h6-7H,4-5,8-10H2,1-3H3/q+1. The third-order valence-corrected chi connectivity index (χ3v) is 3.25. The van der Waals surface area contributed by atoms with Gasteiger partial charge in [-0.05, 0) is 5.75 Å². The van der Waals surface area contributed by atoms with E-state index in [2.05, 4.69) is 35.4 Å². The SMILES string of the molecule is CCSC[n+]1ccn(CCOC)c1CC. The lowest BCUT2D eigenvalue weighted by Gasteiger charge is -2.02. The summed E-state index contributed by atoms with van der Waals surface area (Å²) in [5.41, 5.74) is 0. The van der Waals surface area contributed by atoms with Crippen molar-refractivity contribution in [1.82, 2.24) is 4.57 Å². The predicted octanol–water partition coefficient (Wildman–Crippen LogP) is 1.70. The monoisotopic (exact) mass is 229 g/mol. The molecule has 1 heterocycles. The topological polar surface area (TPSA) is 18.0 Å². The summed E-state index contributed by atoms with van der Waals surface area (Å²) in [5.74, 6) is 3.60. The van der Waals surface area contributed by atoms with E-state index >= 15 is 0 Å². The molecule has 3 nitrogen and oxygen atoms in total. The van der Waals surface area contributed by atoms with E-state index in [1.165, 1.54) is 11.6 Å². The van der Waals surface area contributed by atoms with Crippen molar-refractivity contribution in [2.24, 2.45) is 0 Å². The average molecular weight is 229 g/mol. The number of rotatable bonds is 7. The number of aromatic nitrogens is 2. The molecule has 86 valence electrons. The summed E-state index contributed by atoms with van der Waals surface area (Å²) >= 11 is 1.95. The summed E-state index contributed by atoms with van der Waals surface area (Å²) in [6.45, 7) is 6.12. The summed E-state index contributed by atoms with van der Waals surface area (Å²) in [6.07, 6.45) is 5.38. The van der Waals surface area contributed by atoms with E-state index in [9.17, 15) is 0 Å². The van der Waals surface area contributed by atoms with Crippen molar-refractivity contribution in [3.8, 4) is 0 Å². The molecule has 0 aliphatic carbocycles. The first-order chi connectivity index (χ1) is 7.33. The number of ether oxygens (including phenoxy) is 1. The molecule has 1 aromatic rings. The van der Waals surface area contributed by atoms with E-state index < -0.39 is 0 Å². The Balaban J connectivity index is 2.66. The normalized spacial score (nSPS) is 10.9. The van der Waals surface area contributed by atoms with Gasteiger partial charge in [-0.25, -0.2) is 9.13 Å². The fourth-order valence-electron chi connectivity index (χ4n) is 1.60. The smallest absolute Gasteiger partial charge is 0.256 e. The molecule has 0 N–H and O–H groups in total. The second-order valence-electron chi connectivity index (χ2n) is 3.35. The minimum Gasteiger partial charge on any atom is -0.381 e. The van der Waals surface area contributed by atoms with Gasteiger partial charge in [0.2, 0.25) is 0 Å². The second-order valence-corrected chi connectivity index (χ2v) is 4.59. The van der Waals surface area contributed by atoms with Gasteiger partial charge >= 0.3 is 0 Å². The molecule has 1 aromatic heterocycles. The van der Waals surface area contributed by atoms with Crippen LogP contribution >= 0.6 is 11.8 Å². The van der Waals surface area contributed by atoms with E-state index in [1.54, 1.807) is 7.11 Å². The van der Waals surface area contributed by atoms with Gasteiger partial charge in [0.25, 0.3) is 5.82 Å². The van der Waals surface area contributed by atoms with Gasteiger partial charge in [0.05, 0.1) is 6.61 Å². The maximum Gasteiger partial charge on any atom is 0.256 e. The third kappa shape index (κ3) is 3.54. The Hall–Kier alpha value is -0.480. The highest BCUT2D eigenvalue weighted by Gasteiger charge is 2.13. The lowest BCUT2D eigenvalue weighted by Crippen LogP contribution is -2.35. The predicted molar refractivity (Wildman–Crippen MR) is 64.0 cm³/mol. The number of methoxy groups -OCH3 is 1. The van der Waals surface area contributed by atoms with Crippen LogP contribution in [0.5, 0.6) is 0 Å².